The number of benzene rings is 1. The van der Waals surface area contributed by atoms with Crippen LogP contribution in [-0.4, -0.2) is 9.55 Å². The normalized spacial score (nSPS) is 10.5. The Bertz CT molecular complexity index is 629. The number of H-pyrrole nitrogens is 1. The minimum absolute atomic E-state index is 0.0509. The number of rotatable bonds is 4. The van der Waals surface area contributed by atoms with E-state index in [-0.39, 0.29) is 12.3 Å². The summed E-state index contributed by atoms with van der Waals surface area (Å²) < 4.78 is 6.41. The number of nitrogens with one attached hydrogen (secondary N) is 1. The summed E-state index contributed by atoms with van der Waals surface area (Å²) in [5.41, 5.74) is 0.693. The van der Waals surface area contributed by atoms with Crippen LogP contribution in [0, 0.1) is 6.92 Å². The summed E-state index contributed by atoms with van der Waals surface area (Å²) >= 11 is 0. The Hall–Kier alpha value is -2.14. The molecule has 0 radical (unpaired) electrons. The summed E-state index contributed by atoms with van der Waals surface area (Å²) in [4.78, 5) is 25.6. The first-order valence-corrected chi connectivity index (χ1v) is 5.59. The Morgan fingerprint density at radius 2 is 1.94 bits per heavy atom. The van der Waals surface area contributed by atoms with E-state index in [2.05, 4.69) is 4.98 Å². The SMILES string of the molecule is Cc1c[nH]c(=O)n(COCc2ccccc2)c1=O. The van der Waals surface area contributed by atoms with Crippen LogP contribution in [0.15, 0.2) is 46.1 Å². The fourth-order valence-corrected chi connectivity index (χ4v) is 1.56. The molecule has 18 heavy (non-hydrogen) atoms. The highest BCUT2D eigenvalue weighted by Gasteiger charge is 2.03. The highest BCUT2D eigenvalue weighted by Crippen LogP contribution is 2.00. The van der Waals surface area contributed by atoms with Gasteiger partial charge < -0.3 is 9.72 Å². The maximum Gasteiger partial charge on any atom is 0.330 e. The third-order valence-electron chi connectivity index (χ3n) is 2.57. The summed E-state index contributed by atoms with van der Waals surface area (Å²) in [7, 11) is 0. The summed E-state index contributed by atoms with van der Waals surface area (Å²) in [6.45, 7) is 1.96. The molecule has 0 unspecified atom stereocenters. The zero-order valence-electron chi connectivity index (χ0n) is 10.1. The fourth-order valence-electron chi connectivity index (χ4n) is 1.56. The van der Waals surface area contributed by atoms with Gasteiger partial charge in [0.1, 0.15) is 6.73 Å². The van der Waals surface area contributed by atoms with Crippen LogP contribution in [0.2, 0.25) is 0 Å². The molecule has 0 aliphatic carbocycles. The minimum Gasteiger partial charge on any atom is -0.356 e. The van der Waals surface area contributed by atoms with Crippen LogP contribution in [0.1, 0.15) is 11.1 Å². The molecule has 5 nitrogen and oxygen atoms in total. The number of hydrogen-bond donors (Lipinski definition) is 1. The van der Waals surface area contributed by atoms with Gasteiger partial charge in [0.15, 0.2) is 0 Å². The molecule has 0 aliphatic heterocycles. The van der Waals surface area contributed by atoms with Crippen molar-refractivity contribution in [1.29, 1.82) is 0 Å². The van der Waals surface area contributed by atoms with E-state index >= 15 is 0 Å². The second-order valence-electron chi connectivity index (χ2n) is 3.97. The predicted octanol–water partition coefficient (Wildman–Crippen LogP) is 1.02. The first-order valence-electron chi connectivity index (χ1n) is 5.59. The van der Waals surface area contributed by atoms with E-state index in [9.17, 15) is 9.59 Å². The first-order chi connectivity index (χ1) is 8.68. The molecule has 1 N–H and O–H groups in total. The molecular weight excluding hydrogens is 232 g/mol. The van der Waals surface area contributed by atoms with Gasteiger partial charge in [0.25, 0.3) is 5.56 Å². The first kappa shape index (κ1) is 12.3. The van der Waals surface area contributed by atoms with Gasteiger partial charge in [-0.3, -0.25) is 4.79 Å². The van der Waals surface area contributed by atoms with Crippen molar-refractivity contribution in [2.75, 3.05) is 0 Å². The van der Waals surface area contributed by atoms with Gasteiger partial charge in [-0.15, -0.1) is 0 Å². The molecule has 2 rings (SSSR count). The number of nitrogens with zero attached hydrogens (tertiary/aromatic N) is 1. The van der Waals surface area contributed by atoms with Crippen LogP contribution in [0.3, 0.4) is 0 Å². The molecule has 0 bridgehead atoms. The third kappa shape index (κ3) is 2.75. The molecule has 0 aliphatic rings. The smallest absolute Gasteiger partial charge is 0.330 e. The van der Waals surface area contributed by atoms with Gasteiger partial charge in [-0.05, 0) is 12.5 Å². The molecule has 0 fully saturated rings. The average Bonchev–Trinajstić information content (AvgIpc) is 2.39. The molecule has 0 amide bonds. The lowest BCUT2D eigenvalue weighted by Crippen LogP contribution is -2.36. The molecule has 0 saturated carbocycles. The molecule has 0 atom stereocenters. The molecule has 1 aromatic heterocycles. The van der Waals surface area contributed by atoms with Gasteiger partial charge in [-0.1, -0.05) is 30.3 Å². The Balaban J connectivity index is 2.06. The fraction of sp³-hybridized carbons (Fsp3) is 0.231. The summed E-state index contributed by atoms with van der Waals surface area (Å²) in [6.07, 6.45) is 1.40. The van der Waals surface area contributed by atoms with Crippen LogP contribution in [0.4, 0.5) is 0 Å². The highest BCUT2D eigenvalue weighted by molar-refractivity contribution is 5.13. The lowest BCUT2D eigenvalue weighted by atomic mass is 10.2. The van der Waals surface area contributed by atoms with Gasteiger partial charge in [0.2, 0.25) is 0 Å². The van der Waals surface area contributed by atoms with Crippen molar-refractivity contribution in [3.63, 3.8) is 0 Å². The zero-order chi connectivity index (χ0) is 13.0. The van der Waals surface area contributed by atoms with Gasteiger partial charge in [-0.25, -0.2) is 9.36 Å². The molecule has 1 heterocycles. The van der Waals surface area contributed by atoms with Crippen LogP contribution in [-0.2, 0) is 18.1 Å². The van der Waals surface area contributed by atoms with Crippen molar-refractivity contribution >= 4 is 0 Å². The second-order valence-corrected chi connectivity index (χ2v) is 3.97. The van der Waals surface area contributed by atoms with E-state index in [1.165, 1.54) is 6.20 Å². The van der Waals surface area contributed by atoms with Gasteiger partial charge in [0.05, 0.1) is 6.61 Å². The molecule has 5 heteroatoms. The topological polar surface area (TPSA) is 64.1 Å². The van der Waals surface area contributed by atoms with Crippen molar-refractivity contribution in [1.82, 2.24) is 9.55 Å². The van der Waals surface area contributed by atoms with E-state index in [0.717, 1.165) is 10.1 Å². The highest BCUT2D eigenvalue weighted by atomic mass is 16.5. The molecule has 0 saturated heterocycles. The maximum atomic E-state index is 11.7. The van der Waals surface area contributed by atoms with E-state index in [1.807, 2.05) is 30.3 Å². The zero-order valence-corrected chi connectivity index (χ0v) is 10.1. The van der Waals surface area contributed by atoms with Crippen molar-refractivity contribution in [3.05, 3.63) is 68.5 Å². The van der Waals surface area contributed by atoms with Crippen LogP contribution < -0.4 is 11.2 Å². The monoisotopic (exact) mass is 246 g/mol. The second kappa shape index (κ2) is 5.46. The number of hydrogen-bond acceptors (Lipinski definition) is 3. The summed E-state index contributed by atoms with van der Waals surface area (Å²) in [5.74, 6) is 0. The predicted molar refractivity (Wildman–Crippen MR) is 67.3 cm³/mol. The molecule has 1 aromatic carbocycles. The van der Waals surface area contributed by atoms with Gasteiger partial charge in [0, 0.05) is 11.8 Å². The Labute approximate surface area is 104 Å². The third-order valence-corrected chi connectivity index (χ3v) is 2.57. The molecule has 2 aromatic rings. The largest absolute Gasteiger partial charge is 0.356 e. The summed E-state index contributed by atoms with van der Waals surface area (Å²) in [6, 6.07) is 9.57. The minimum atomic E-state index is -0.460. The number of ether oxygens (including phenoxy) is 1. The Morgan fingerprint density at radius 1 is 1.22 bits per heavy atom. The van der Waals surface area contributed by atoms with Gasteiger partial charge in [-0.2, -0.15) is 0 Å². The van der Waals surface area contributed by atoms with Crippen molar-refractivity contribution < 1.29 is 4.74 Å². The lowest BCUT2D eigenvalue weighted by Gasteiger charge is -2.06. The van der Waals surface area contributed by atoms with Crippen LogP contribution in [0.25, 0.3) is 0 Å². The molecule has 0 spiro atoms. The van der Waals surface area contributed by atoms with E-state index in [0.29, 0.717) is 12.2 Å². The average molecular weight is 246 g/mol. The van der Waals surface area contributed by atoms with E-state index in [1.54, 1.807) is 6.92 Å². The van der Waals surface area contributed by atoms with Crippen LogP contribution >= 0.6 is 0 Å². The number of aryl methyl sites for hydroxylation is 1. The quantitative estimate of drug-likeness (QED) is 0.876. The van der Waals surface area contributed by atoms with E-state index in [4.69, 9.17) is 4.74 Å². The Kier molecular flexibility index (Phi) is 3.74. The van der Waals surface area contributed by atoms with Crippen LogP contribution in [0.5, 0.6) is 0 Å². The maximum absolute atomic E-state index is 11.7. The van der Waals surface area contributed by atoms with E-state index < -0.39 is 5.69 Å². The molecular formula is C13H14N2O3. The van der Waals surface area contributed by atoms with Crippen molar-refractivity contribution in [2.24, 2.45) is 0 Å². The number of aromatic nitrogens is 2. The van der Waals surface area contributed by atoms with Crippen molar-refractivity contribution in [2.45, 2.75) is 20.3 Å². The van der Waals surface area contributed by atoms with Gasteiger partial charge >= 0.3 is 5.69 Å². The molecule has 94 valence electrons. The Morgan fingerprint density at radius 3 is 2.67 bits per heavy atom. The number of aromatic amines is 1. The standard InChI is InChI=1S/C13H14N2O3/c1-10-7-14-13(17)15(12(10)16)9-18-8-11-5-3-2-4-6-11/h2-7H,8-9H2,1H3,(H,14,17). The lowest BCUT2D eigenvalue weighted by molar-refractivity contribution is 0.0587. The summed E-state index contributed by atoms with van der Waals surface area (Å²) in [5, 5.41) is 0. The van der Waals surface area contributed by atoms with Crippen molar-refractivity contribution in [3.8, 4) is 0 Å².